The van der Waals surface area contributed by atoms with Gasteiger partial charge in [-0.05, 0) is 115 Å². The zero-order valence-electron chi connectivity index (χ0n) is 26.3. The maximum absolute atomic E-state index is 5.56. The van der Waals surface area contributed by atoms with Gasteiger partial charge in [-0.1, -0.05) is 84.9 Å². The fourth-order valence-corrected chi connectivity index (χ4v) is 6.49. The lowest BCUT2D eigenvalue weighted by atomic mass is 9.83. The van der Waals surface area contributed by atoms with Gasteiger partial charge in [0.1, 0.15) is 23.0 Å². The summed E-state index contributed by atoms with van der Waals surface area (Å²) < 4.78 is 22.2. The van der Waals surface area contributed by atoms with E-state index in [1.165, 1.54) is 33.0 Å². The molecule has 0 aliphatic heterocycles. The van der Waals surface area contributed by atoms with Gasteiger partial charge in [0.25, 0.3) is 0 Å². The first-order chi connectivity index (χ1) is 22.6. The maximum Gasteiger partial charge on any atom is 0.118 e. The van der Waals surface area contributed by atoms with Crippen molar-refractivity contribution in [2.45, 2.75) is 0 Å². The van der Waals surface area contributed by atoms with Crippen molar-refractivity contribution in [2.75, 3.05) is 28.4 Å². The van der Waals surface area contributed by atoms with Crippen LogP contribution in [0.3, 0.4) is 0 Å². The molecule has 4 nitrogen and oxygen atoms in total. The molecule has 0 aromatic heterocycles. The average molecular weight is 603 g/mol. The second-order valence-corrected chi connectivity index (χ2v) is 11.1. The van der Waals surface area contributed by atoms with Crippen molar-refractivity contribution >= 4 is 33.1 Å². The Morgan fingerprint density at radius 1 is 0.348 bits per heavy atom. The first kappa shape index (κ1) is 29.0. The van der Waals surface area contributed by atoms with Crippen molar-refractivity contribution < 1.29 is 18.9 Å². The molecule has 1 aliphatic rings. The summed E-state index contributed by atoms with van der Waals surface area (Å²) in [6, 6.07) is 46.6. The van der Waals surface area contributed by atoms with E-state index in [4.69, 9.17) is 18.9 Å². The van der Waals surface area contributed by atoms with Gasteiger partial charge in [-0.3, -0.25) is 0 Å². The van der Waals surface area contributed by atoms with E-state index in [0.29, 0.717) is 0 Å². The molecule has 0 saturated heterocycles. The largest absolute Gasteiger partial charge is 0.497 e. The topological polar surface area (TPSA) is 36.9 Å². The number of methoxy groups -OCH3 is 4. The zero-order chi connectivity index (χ0) is 31.6. The zero-order valence-corrected chi connectivity index (χ0v) is 26.3. The van der Waals surface area contributed by atoms with Crippen LogP contribution in [0.2, 0.25) is 0 Å². The van der Waals surface area contributed by atoms with Crippen LogP contribution in [0, 0.1) is 0 Å². The highest BCUT2D eigenvalue weighted by Crippen LogP contribution is 2.54. The molecule has 4 heteroatoms. The Bertz CT molecular complexity index is 1840. The molecule has 0 atom stereocenters. The predicted molar refractivity (Wildman–Crippen MR) is 188 cm³/mol. The predicted octanol–water partition coefficient (Wildman–Crippen LogP) is 9.81. The fraction of sp³-hybridized carbons (Fsp3) is 0.0952. The normalized spacial score (nSPS) is 11.8. The van der Waals surface area contributed by atoms with Gasteiger partial charge >= 0.3 is 0 Å². The number of hydrogen-bond acceptors (Lipinski definition) is 4. The summed E-state index contributed by atoms with van der Waals surface area (Å²) in [5.41, 5.74) is 11.4. The van der Waals surface area contributed by atoms with E-state index in [2.05, 4.69) is 84.9 Å². The Morgan fingerprint density at radius 3 is 0.891 bits per heavy atom. The van der Waals surface area contributed by atoms with Crippen molar-refractivity contribution in [1.82, 2.24) is 0 Å². The molecule has 46 heavy (non-hydrogen) atoms. The molecule has 0 bridgehead atoms. The Labute approximate surface area is 269 Å². The third kappa shape index (κ3) is 5.08. The maximum atomic E-state index is 5.56. The molecule has 0 heterocycles. The highest BCUT2D eigenvalue weighted by atomic mass is 16.5. The van der Waals surface area contributed by atoms with Gasteiger partial charge in [0.2, 0.25) is 0 Å². The molecule has 0 N–H and O–H groups in total. The number of ether oxygens (including phenoxy) is 4. The van der Waals surface area contributed by atoms with E-state index in [9.17, 15) is 0 Å². The van der Waals surface area contributed by atoms with Crippen molar-refractivity contribution in [2.24, 2.45) is 0 Å². The minimum atomic E-state index is 0.813. The number of hydrogen-bond donors (Lipinski definition) is 0. The van der Waals surface area contributed by atoms with E-state index >= 15 is 0 Å². The number of rotatable bonds is 8. The number of benzene rings is 6. The highest BCUT2D eigenvalue weighted by Gasteiger charge is 2.31. The quantitative estimate of drug-likeness (QED) is 0.174. The average Bonchev–Trinajstić information content (AvgIpc) is 3.44. The fourth-order valence-electron chi connectivity index (χ4n) is 6.49. The van der Waals surface area contributed by atoms with Gasteiger partial charge in [0, 0.05) is 0 Å². The molecule has 6 aromatic rings. The smallest absolute Gasteiger partial charge is 0.118 e. The SMILES string of the molecule is COc1ccc(C(=C2C(=C(c3ccc(OC)cc3)c3ccc(OC)cc3)c3cccc4cccc2c34)c2ccc(OC)cc2)cc1. The van der Waals surface area contributed by atoms with Gasteiger partial charge in [0.15, 0.2) is 0 Å². The summed E-state index contributed by atoms with van der Waals surface area (Å²) in [6.07, 6.45) is 0. The first-order valence-electron chi connectivity index (χ1n) is 15.2. The van der Waals surface area contributed by atoms with Crippen molar-refractivity contribution in [3.05, 3.63) is 167 Å². The Balaban J connectivity index is 1.66. The summed E-state index contributed by atoms with van der Waals surface area (Å²) in [5.74, 6) is 3.25. The van der Waals surface area contributed by atoms with E-state index < -0.39 is 0 Å². The van der Waals surface area contributed by atoms with Gasteiger partial charge in [-0.25, -0.2) is 0 Å². The highest BCUT2D eigenvalue weighted by molar-refractivity contribution is 6.34. The number of allylic oxidation sites excluding steroid dienone is 2. The molecule has 0 fully saturated rings. The lowest BCUT2D eigenvalue weighted by Gasteiger charge is -2.21. The molecule has 226 valence electrons. The van der Waals surface area contributed by atoms with Crippen LogP contribution in [0.15, 0.2) is 133 Å². The summed E-state index contributed by atoms with van der Waals surface area (Å²) in [7, 11) is 6.79. The molecule has 6 aromatic carbocycles. The van der Waals surface area contributed by atoms with Crippen LogP contribution >= 0.6 is 0 Å². The molecule has 0 spiro atoms. The van der Waals surface area contributed by atoms with Gasteiger partial charge < -0.3 is 18.9 Å². The van der Waals surface area contributed by atoms with E-state index in [0.717, 1.165) is 56.4 Å². The minimum absolute atomic E-state index is 0.813. The summed E-state index contributed by atoms with van der Waals surface area (Å²) in [5, 5.41) is 2.45. The third-order valence-electron chi connectivity index (χ3n) is 8.71. The van der Waals surface area contributed by atoms with Crippen LogP contribution < -0.4 is 18.9 Å². The molecular weight excluding hydrogens is 568 g/mol. The van der Waals surface area contributed by atoms with Crippen LogP contribution in [-0.2, 0) is 0 Å². The lowest BCUT2D eigenvalue weighted by molar-refractivity contribution is 0.414. The molecule has 0 unspecified atom stereocenters. The van der Waals surface area contributed by atoms with Crippen molar-refractivity contribution in [3.63, 3.8) is 0 Å². The molecule has 0 saturated carbocycles. The monoisotopic (exact) mass is 602 g/mol. The summed E-state index contributed by atoms with van der Waals surface area (Å²) >= 11 is 0. The van der Waals surface area contributed by atoms with Gasteiger partial charge in [-0.15, -0.1) is 0 Å². The second-order valence-electron chi connectivity index (χ2n) is 11.1. The molecule has 7 rings (SSSR count). The second kappa shape index (κ2) is 12.3. The molecule has 0 radical (unpaired) electrons. The third-order valence-corrected chi connectivity index (χ3v) is 8.71. The van der Waals surface area contributed by atoms with E-state index in [1.54, 1.807) is 28.4 Å². The first-order valence-corrected chi connectivity index (χ1v) is 15.2. The van der Waals surface area contributed by atoms with Gasteiger partial charge in [-0.2, -0.15) is 0 Å². The molecule has 1 aliphatic carbocycles. The summed E-state index contributed by atoms with van der Waals surface area (Å²) in [6.45, 7) is 0. The van der Waals surface area contributed by atoms with E-state index in [-0.39, 0.29) is 0 Å². The summed E-state index contributed by atoms with van der Waals surface area (Å²) in [4.78, 5) is 0. The van der Waals surface area contributed by atoms with E-state index in [1.807, 2.05) is 48.5 Å². The molecular formula is C42H34O4. The van der Waals surface area contributed by atoms with Crippen LogP contribution in [0.1, 0.15) is 33.4 Å². The van der Waals surface area contributed by atoms with Crippen LogP contribution in [0.5, 0.6) is 23.0 Å². The lowest BCUT2D eigenvalue weighted by Crippen LogP contribution is -1.99. The van der Waals surface area contributed by atoms with Crippen molar-refractivity contribution in [1.29, 1.82) is 0 Å². The molecule has 0 amide bonds. The van der Waals surface area contributed by atoms with Crippen LogP contribution in [0.25, 0.3) is 33.1 Å². The van der Waals surface area contributed by atoms with Crippen LogP contribution in [0.4, 0.5) is 0 Å². The minimum Gasteiger partial charge on any atom is -0.497 e. The Kier molecular flexibility index (Phi) is 7.78. The Morgan fingerprint density at radius 2 is 0.630 bits per heavy atom. The Hall–Kier alpha value is -5.74. The van der Waals surface area contributed by atoms with Crippen molar-refractivity contribution in [3.8, 4) is 23.0 Å². The standard InChI is InChI=1S/C42H34O4/c1-43-32-19-11-28(12-20-32)38(29-13-21-33(44-2)22-14-29)41-36-9-5-7-27-8-6-10-37(40(27)36)42(41)39(30-15-23-34(45-3)24-16-30)31-17-25-35(46-4)26-18-31/h5-26H,1-4H3. The van der Waals surface area contributed by atoms with Gasteiger partial charge in [0.05, 0.1) is 28.4 Å². The van der Waals surface area contributed by atoms with Crippen LogP contribution in [-0.4, -0.2) is 28.4 Å².